The van der Waals surface area contributed by atoms with Crippen molar-refractivity contribution in [2.75, 3.05) is 13.2 Å². The average molecular weight is 418 g/mol. The number of para-hydroxylation sites is 1. The molecule has 0 saturated heterocycles. The second-order valence-corrected chi connectivity index (χ2v) is 6.30. The molecule has 30 heavy (non-hydrogen) atoms. The van der Waals surface area contributed by atoms with E-state index in [4.69, 9.17) is 13.9 Å². The molecule has 2 aromatic carbocycles. The van der Waals surface area contributed by atoms with Gasteiger partial charge in [0.05, 0.1) is 5.39 Å². The minimum Gasteiger partial charge on any atom is -0.542 e. The van der Waals surface area contributed by atoms with Crippen LogP contribution in [0.25, 0.3) is 11.0 Å². The molecule has 7 nitrogen and oxygen atoms in total. The second-order valence-electron chi connectivity index (χ2n) is 6.30. The monoisotopic (exact) mass is 418 g/mol. The van der Waals surface area contributed by atoms with E-state index in [1.165, 1.54) is 18.2 Å². The summed E-state index contributed by atoms with van der Waals surface area (Å²) in [5.41, 5.74) is 0.519. The molecule has 1 atom stereocenters. The van der Waals surface area contributed by atoms with Crippen LogP contribution in [0.1, 0.15) is 16.1 Å². The molecule has 0 spiro atoms. The first-order chi connectivity index (χ1) is 14.0. The van der Waals surface area contributed by atoms with Crippen molar-refractivity contribution in [1.82, 2.24) is 0 Å². The molecule has 0 aliphatic heterocycles. The van der Waals surface area contributed by atoms with Crippen LogP contribution < -0.4 is 49.6 Å². The molecule has 1 heterocycles. The topological polar surface area (TPSA) is 109 Å². The molecule has 0 fully saturated rings. The van der Waals surface area contributed by atoms with E-state index in [2.05, 4.69) is 6.58 Å². The summed E-state index contributed by atoms with van der Waals surface area (Å²) in [6, 6.07) is 12.7. The number of benzene rings is 2. The summed E-state index contributed by atoms with van der Waals surface area (Å²) in [5.74, 6) is -1.18. The third kappa shape index (κ3) is 5.96. The smallest absolute Gasteiger partial charge is 0.542 e. The quantitative estimate of drug-likeness (QED) is 0.340. The van der Waals surface area contributed by atoms with Crippen LogP contribution in [0, 0.1) is 0 Å². The summed E-state index contributed by atoms with van der Waals surface area (Å²) in [6.07, 6.45) is 1.51. The van der Waals surface area contributed by atoms with Crippen LogP contribution in [0.2, 0.25) is 0 Å². The summed E-state index contributed by atoms with van der Waals surface area (Å²) < 4.78 is 16.3. The maximum atomic E-state index is 11.9. The zero-order chi connectivity index (χ0) is 20.8. The number of aliphatic hydroxyl groups is 1. The van der Waals surface area contributed by atoms with Gasteiger partial charge in [-0.25, -0.2) is 0 Å². The van der Waals surface area contributed by atoms with Crippen molar-refractivity contribution in [3.05, 3.63) is 82.7 Å². The molecule has 3 rings (SSSR count). The minimum absolute atomic E-state index is 0. The van der Waals surface area contributed by atoms with Gasteiger partial charge < -0.3 is 28.9 Å². The first-order valence-corrected chi connectivity index (χ1v) is 8.89. The number of carboxylic acid groups (broad SMARTS) is 1. The van der Waals surface area contributed by atoms with E-state index >= 15 is 0 Å². The maximum Gasteiger partial charge on any atom is 1.00 e. The number of carbonyl (C=O) groups is 1. The fraction of sp³-hybridized carbons (Fsp3) is 0.182. The van der Waals surface area contributed by atoms with Crippen molar-refractivity contribution in [3.63, 3.8) is 0 Å². The van der Waals surface area contributed by atoms with Crippen LogP contribution >= 0.6 is 0 Å². The molecule has 0 aliphatic rings. The van der Waals surface area contributed by atoms with Crippen molar-refractivity contribution in [3.8, 4) is 11.5 Å². The number of allylic oxidation sites excluding steroid dienone is 1. The molecule has 0 radical (unpaired) electrons. The number of carboxylic acids is 1. The second kappa shape index (κ2) is 11.0. The van der Waals surface area contributed by atoms with E-state index in [0.717, 1.165) is 11.6 Å². The van der Waals surface area contributed by atoms with Gasteiger partial charge in [0.1, 0.15) is 42.4 Å². The zero-order valence-corrected chi connectivity index (χ0v) is 18.5. The van der Waals surface area contributed by atoms with Gasteiger partial charge in [-0.05, 0) is 30.2 Å². The predicted octanol–water partition coefficient (Wildman–Crippen LogP) is -1.29. The van der Waals surface area contributed by atoms with Gasteiger partial charge in [0.15, 0.2) is 11.2 Å². The molecule has 0 bridgehead atoms. The molecular weight excluding hydrogens is 399 g/mol. The van der Waals surface area contributed by atoms with Gasteiger partial charge in [-0.15, -0.1) is 6.58 Å². The SMILES string of the molecule is C=CCc1ccccc1OCC(O)COc1ccc2c(=O)cc(C(=O)[O-])oc2c1.[Na+]. The minimum atomic E-state index is -1.58. The Balaban J connectivity index is 0.00000320. The van der Waals surface area contributed by atoms with Crippen LogP contribution in [0.15, 0.2) is 70.4 Å². The number of rotatable bonds is 9. The third-order valence-corrected chi connectivity index (χ3v) is 4.11. The number of fused-ring (bicyclic) bond motifs is 1. The van der Waals surface area contributed by atoms with Crippen molar-refractivity contribution in [1.29, 1.82) is 0 Å². The number of hydrogen-bond acceptors (Lipinski definition) is 7. The third-order valence-electron chi connectivity index (χ3n) is 4.11. The molecule has 0 aliphatic carbocycles. The first kappa shape index (κ1) is 23.7. The molecule has 3 aromatic rings. The van der Waals surface area contributed by atoms with Crippen LogP contribution in [0.5, 0.6) is 11.5 Å². The number of ether oxygens (including phenoxy) is 2. The normalized spacial score (nSPS) is 11.4. The Morgan fingerprint density at radius 1 is 1.17 bits per heavy atom. The molecule has 1 N–H and O–H groups in total. The fourth-order valence-corrected chi connectivity index (χ4v) is 2.72. The van der Waals surface area contributed by atoms with Gasteiger partial charge in [0, 0.05) is 12.1 Å². The molecule has 1 aromatic heterocycles. The maximum absolute atomic E-state index is 11.9. The number of hydrogen-bond donors (Lipinski definition) is 1. The first-order valence-electron chi connectivity index (χ1n) is 8.89. The Hall–Kier alpha value is -2.58. The van der Waals surface area contributed by atoms with E-state index in [1.54, 1.807) is 6.08 Å². The van der Waals surface area contributed by atoms with Gasteiger partial charge in [-0.2, -0.15) is 0 Å². The van der Waals surface area contributed by atoms with Crippen LogP contribution in [-0.2, 0) is 6.42 Å². The average Bonchev–Trinajstić information content (AvgIpc) is 2.71. The van der Waals surface area contributed by atoms with Crippen molar-refractivity contribution in [2.24, 2.45) is 0 Å². The van der Waals surface area contributed by atoms with Crippen molar-refractivity contribution >= 4 is 16.9 Å². The predicted molar refractivity (Wildman–Crippen MR) is 104 cm³/mol. The summed E-state index contributed by atoms with van der Waals surface area (Å²) >= 11 is 0. The molecular formula is C22H19NaO7. The van der Waals surface area contributed by atoms with Crippen molar-refractivity contribution in [2.45, 2.75) is 12.5 Å². The zero-order valence-electron chi connectivity index (χ0n) is 16.5. The molecule has 8 heteroatoms. The molecule has 150 valence electrons. The summed E-state index contributed by atoms with van der Waals surface area (Å²) in [5, 5.41) is 21.3. The number of carbonyl (C=O) groups excluding carboxylic acids is 1. The van der Waals surface area contributed by atoms with Gasteiger partial charge >= 0.3 is 29.6 Å². The Kier molecular flexibility index (Phi) is 8.68. The van der Waals surface area contributed by atoms with Gasteiger partial charge in [0.25, 0.3) is 0 Å². The van der Waals surface area contributed by atoms with E-state index in [0.29, 0.717) is 17.9 Å². The number of aromatic carboxylic acids is 1. The number of aliphatic hydroxyl groups excluding tert-OH is 1. The van der Waals surface area contributed by atoms with E-state index in [9.17, 15) is 19.8 Å². The molecule has 0 saturated carbocycles. The summed E-state index contributed by atoms with van der Waals surface area (Å²) in [4.78, 5) is 22.8. The van der Waals surface area contributed by atoms with E-state index < -0.39 is 23.3 Å². The Labute approximate surface area is 194 Å². The summed E-state index contributed by atoms with van der Waals surface area (Å²) in [6.45, 7) is 3.66. The Morgan fingerprint density at radius 3 is 2.63 bits per heavy atom. The van der Waals surface area contributed by atoms with E-state index in [-0.39, 0.29) is 53.7 Å². The molecule has 0 amide bonds. The summed E-state index contributed by atoms with van der Waals surface area (Å²) in [7, 11) is 0. The molecule has 1 unspecified atom stereocenters. The van der Waals surface area contributed by atoms with Gasteiger partial charge in [-0.1, -0.05) is 24.3 Å². The van der Waals surface area contributed by atoms with Gasteiger partial charge in [-0.3, -0.25) is 4.79 Å². The van der Waals surface area contributed by atoms with Gasteiger partial charge in [0.2, 0.25) is 0 Å². The Morgan fingerprint density at radius 2 is 1.90 bits per heavy atom. The Bertz CT molecular complexity index is 1090. The van der Waals surface area contributed by atoms with Crippen LogP contribution in [0.3, 0.4) is 0 Å². The van der Waals surface area contributed by atoms with Crippen molar-refractivity contribution < 1.29 is 58.5 Å². The van der Waals surface area contributed by atoms with Crippen LogP contribution in [-0.4, -0.2) is 30.4 Å². The standard InChI is InChI=1S/C22H20O7.Na/c1-2-5-14-6-3-4-7-19(14)28-13-15(23)12-27-16-8-9-17-18(24)11-21(22(25)26)29-20(17)10-16;/h2-4,6-11,15,23H,1,5,12-13H2,(H,25,26);/q;+1/p-1. The van der Waals surface area contributed by atoms with E-state index in [1.807, 2.05) is 24.3 Å². The largest absolute Gasteiger partial charge is 1.00 e. The van der Waals surface area contributed by atoms with Crippen LogP contribution in [0.4, 0.5) is 0 Å². The fourth-order valence-electron chi connectivity index (χ4n) is 2.72.